The number of rotatable bonds is 24. The number of aromatic nitrogens is 2. The third kappa shape index (κ3) is 14.5. The number of benzene rings is 2. The van der Waals surface area contributed by atoms with Crippen LogP contribution in [0.5, 0.6) is 5.75 Å². The number of sulfonamides is 1. The second kappa shape index (κ2) is 24.3. The minimum atomic E-state index is -4.62. The highest BCUT2D eigenvalue weighted by Crippen LogP contribution is 2.29. The van der Waals surface area contributed by atoms with Crippen molar-refractivity contribution in [3.8, 4) is 16.9 Å². The molecule has 1 saturated carbocycles. The number of methoxy groups -OCH3 is 1. The van der Waals surface area contributed by atoms with Crippen LogP contribution >= 0.6 is 0 Å². The maximum atomic E-state index is 15.0. The van der Waals surface area contributed by atoms with Gasteiger partial charge in [-0.15, -0.1) is 0 Å². The number of nitrogens with one attached hydrogen (secondary N) is 6. The average molecular weight is 919 g/mol. The molecule has 1 aromatic heterocycles. The molecule has 1 fully saturated rings. The Labute approximate surface area is 380 Å². The fourth-order valence-corrected chi connectivity index (χ4v) is 9.02. The van der Waals surface area contributed by atoms with Crippen LogP contribution in [0.25, 0.3) is 11.1 Å². The molecular formula is C46H62N8O10S. The van der Waals surface area contributed by atoms with Gasteiger partial charge in [-0.3, -0.25) is 33.8 Å². The molecule has 18 nitrogen and oxygen atoms in total. The van der Waals surface area contributed by atoms with E-state index in [0.29, 0.717) is 24.0 Å². The van der Waals surface area contributed by atoms with E-state index in [-0.39, 0.29) is 42.3 Å². The molecule has 0 bridgehead atoms. The first-order valence-electron chi connectivity index (χ1n) is 22.0. The normalized spacial score (nSPS) is 15.8. The first-order valence-corrected chi connectivity index (χ1v) is 23.5. The monoisotopic (exact) mass is 918 g/mol. The summed E-state index contributed by atoms with van der Waals surface area (Å²) in [5.74, 6) is -5.85. The topological polar surface area (TPSA) is 261 Å². The predicted octanol–water partition coefficient (Wildman–Crippen LogP) is 3.37. The van der Waals surface area contributed by atoms with Crippen LogP contribution in [0.1, 0.15) is 103 Å². The number of hydrogen-bond donors (Lipinski definition) is 6. The van der Waals surface area contributed by atoms with Crippen LogP contribution in [0.15, 0.2) is 72.0 Å². The van der Waals surface area contributed by atoms with E-state index in [1.54, 1.807) is 66.0 Å². The Morgan fingerprint density at radius 1 is 0.831 bits per heavy atom. The minimum Gasteiger partial charge on any atom is -0.497 e. The van der Waals surface area contributed by atoms with E-state index >= 15 is 0 Å². The van der Waals surface area contributed by atoms with Gasteiger partial charge in [-0.1, -0.05) is 97.4 Å². The van der Waals surface area contributed by atoms with Gasteiger partial charge in [0.05, 0.1) is 30.8 Å². The third-order valence-electron chi connectivity index (χ3n) is 11.4. The van der Waals surface area contributed by atoms with E-state index in [4.69, 9.17) is 4.74 Å². The van der Waals surface area contributed by atoms with E-state index in [0.717, 1.165) is 43.9 Å². The van der Waals surface area contributed by atoms with Gasteiger partial charge in [-0.2, -0.15) is 4.72 Å². The number of ether oxygens (including phenoxy) is 1. The van der Waals surface area contributed by atoms with Gasteiger partial charge in [0.1, 0.15) is 29.8 Å². The number of nitrogens with zero attached hydrogens (tertiary/aromatic N) is 2. The summed E-state index contributed by atoms with van der Waals surface area (Å²) in [4.78, 5) is 101. The Morgan fingerprint density at radius 2 is 1.46 bits per heavy atom. The molecular weight excluding hydrogens is 857 g/mol. The molecule has 65 heavy (non-hydrogen) atoms. The summed E-state index contributed by atoms with van der Waals surface area (Å²) in [5, 5.41) is 12.9. The fourth-order valence-electron chi connectivity index (χ4n) is 7.72. The van der Waals surface area contributed by atoms with E-state index in [1.807, 2.05) is 12.1 Å². The van der Waals surface area contributed by atoms with Crippen LogP contribution in [0.4, 0.5) is 0 Å². The zero-order chi connectivity index (χ0) is 47.7. The molecule has 2 aromatic carbocycles. The maximum Gasteiger partial charge on any atom is 0.289 e. The van der Waals surface area contributed by atoms with Crippen molar-refractivity contribution in [3.05, 3.63) is 72.8 Å². The molecule has 19 heteroatoms. The van der Waals surface area contributed by atoms with Crippen molar-refractivity contribution in [3.63, 3.8) is 0 Å². The molecule has 5 amide bonds. The lowest BCUT2D eigenvalue weighted by Gasteiger charge is -2.37. The molecule has 352 valence electrons. The summed E-state index contributed by atoms with van der Waals surface area (Å²) in [6, 6.07) is 9.27. The lowest BCUT2D eigenvalue weighted by Crippen LogP contribution is -2.71. The molecule has 4 rings (SSSR count). The molecule has 6 N–H and O–H groups in total. The summed E-state index contributed by atoms with van der Waals surface area (Å²) < 4.78 is 36.5. The highest BCUT2D eigenvalue weighted by atomic mass is 32.2. The first-order chi connectivity index (χ1) is 31.0. The molecule has 1 aliphatic rings. The van der Waals surface area contributed by atoms with Crippen molar-refractivity contribution in [1.82, 2.24) is 41.3 Å². The van der Waals surface area contributed by atoms with E-state index in [9.17, 15) is 42.0 Å². The number of ketones is 1. The van der Waals surface area contributed by atoms with Crippen molar-refractivity contribution in [2.75, 3.05) is 13.7 Å². The van der Waals surface area contributed by atoms with Crippen LogP contribution in [0, 0.1) is 17.8 Å². The standard InChI is InChI=1S/C46H62N8O10S/c1-7-30(5)39(43(59)51-37(26-31-12-10-9-11-13-31)41(57)50-36(8-2)40(56)44(60)49-24-25-55)52-45(61)46(27-29(3)4,53-42(58)38-28-47-22-23-48-38)54-65(62,63)35-20-16-33(17-21-35)32-14-18-34(64-6)19-15-32/h14-23,25,28-31,36-37,39,54H,7-13,24,26-27H2,1-6H3,(H,49,60)(H,50,57)(H,51,59)(H,52,61)(H,53,58). The summed E-state index contributed by atoms with van der Waals surface area (Å²) >= 11 is 0. The lowest BCUT2D eigenvalue weighted by molar-refractivity contribution is -0.141. The van der Waals surface area contributed by atoms with Gasteiger partial charge in [0, 0.05) is 12.4 Å². The SMILES string of the molecule is CCC(NC(=O)C(CC1CCCCC1)NC(=O)C(NC(=O)C(CC(C)C)(NC(=O)c1cnccn1)NS(=O)(=O)c1ccc(-c2ccc(OC)cc2)cc1)C(C)CC)C(=O)C(=O)NCC=O. The van der Waals surface area contributed by atoms with Gasteiger partial charge in [0.25, 0.3) is 17.7 Å². The fraction of sp³-hybridized carbons (Fsp3) is 0.500. The molecule has 1 aliphatic carbocycles. The van der Waals surface area contributed by atoms with Gasteiger partial charge in [0.15, 0.2) is 5.66 Å². The Kier molecular flexibility index (Phi) is 19.3. The molecule has 0 spiro atoms. The summed E-state index contributed by atoms with van der Waals surface area (Å²) in [6.45, 7) is 8.13. The van der Waals surface area contributed by atoms with Crippen LogP contribution in [0.2, 0.25) is 0 Å². The van der Waals surface area contributed by atoms with E-state index in [2.05, 4.69) is 41.3 Å². The second-order valence-corrected chi connectivity index (χ2v) is 18.4. The van der Waals surface area contributed by atoms with E-state index in [1.165, 1.54) is 24.5 Å². The molecule has 0 aliphatic heterocycles. The van der Waals surface area contributed by atoms with Crippen molar-refractivity contribution in [1.29, 1.82) is 0 Å². The number of amides is 5. The number of Topliss-reactive ketones (excluding diaryl/α,β-unsaturated/α-hetero) is 1. The summed E-state index contributed by atoms with van der Waals surface area (Å²) in [6.07, 6.45) is 8.92. The Bertz CT molecular complexity index is 2220. The van der Waals surface area contributed by atoms with Crippen LogP contribution < -0.4 is 36.0 Å². The molecule has 0 saturated heterocycles. The first kappa shape index (κ1) is 51.6. The molecule has 1 heterocycles. The zero-order valence-electron chi connectivity index (χ0n) is 37.8. The van der Waals surface area contributed by atoms with Gasteiger partial charge < -0.3 is 36.1 Å². The van der Waals surface area contributed by atoms with Crippen molar-refractivity contribution < 1.29 is 46.7 Å². The second-order valence-electron chi connectivity index (χ2n) is 16.8. The molecule has 0 radical (unpaired) electrons. The molecule has 5 atom stereocenters. The van der Waals surface area contributed by atoms with Gasteiger partial charge in [0.2, 0.25) is 27.6 Å². The molecule has 5 unspecified atom stereocenters. The summed E-state index contributed by atoms with van der Waals surface area (Å²) in [7, 11) is -3.07. The van der Waals surface area contributed by atoms with Gasteiger partial charge in [-0.25, -0.2) is 13.4 Å². The van der Waals surface area contributed by atoms with Gasteiger partial charge >= 0.3 is 0 Å². The zero-order valence-corrected chi connectivity index (χ0v) is 38.7. The minimum absolute atomic E-state index is 0.0374. The molecule has 3 aromatic rings. The van der Waals surface area contributed by atoms with Crippen LogP contribution in [0.3, 0.4) is 0 Å². The Hall–Kier alpha value is -6.08. The quantitative estimate of drug-likeness (QED) is 0.0430. The number of aldehydes is 1. The highest BCUT2D eigenvalue weighted by molar-refractivity contribution is 7.89. The van der Waals surface area contributed by atoms with Crippen molar-refractivity contribution >= 4 is 51.6 Å². The summed E-state index contributed by atoms with van der Waals surface area (Å²) in [5.41, 5.74) is -1.14. The smallest absolute Gasteiger partial charge is 0.289 e. The number of hydrogen-bond acceptors (Lipinski definition) is 12. The Morgan fingerprint density at radius 3 is 2.02 bits per heavy atom. The van der Waals surface area contributed by atoms with Crippen LogP contribution in [-0.4, -0.2) is 97.4 Å². The van der Waals surface area contributed by atoms with E-state index < -0.39 is 81.0 Å². The number of carbonyl (C=O) groups excluding carboxylic acids is 7. The predicted molar refractivity (Wildman–Crippen MR) is 241 cm³/mol. The largest absolute Gasteiger partial charge is 0.497 e. The maximum absolute atomic E-state index is 15.0. The average Bonchev–Trinajstić information content (AvgIpc) is 3.30. The van der Waals surface area contributed by atoms with Crippen molar-refractivity contribution in [2.45, 2.75) is 121 Å². The van der Waals surface area contributed by atoms with Gasteiger partial charge in [-0.05, 0) is 72.4 Å². The number of carbonyl (C=O) groups is 7. The van der Waals surface area contributed by atoms with Crippen LogP contribution in [-0.2, 0) is 38.8 Å². The Balaban J connectivity index is 1.71. The van der Waals surface area contributed by atoms with Crippen molar-refractivity contribution in [2.24, 2.45) is 17.8 Å². The highest BCUT2D eigenvalue weighted by Gasteiger charge is 2.47. The lowest BCUT2D eigenvalue weighted by atomic mass is 9.84. The third-order valence-corrected chi connectivity index (χ3v) is 13.0.